The lowest BCUT2D eigenvalue weighted by Gasteiger charge is -2.45. The second-order valence-corrected chi connectivity index (χ2v) is 8.83. The largest absolute Gasteiger partial charge is 0.481 e. The number of aromatic amines is 1. The van der Waals surface area contributed by atoms with Crippen LogP contribution in [0.25, 0.3) is 22.6 Å². The van der Waals surface area contributed by atoms with Crippen LogP contribution in [0.3, 0.4) is 0 Å². The highest BCUT2D eigenvalue weighted by molar-refractivity contribution is 5.88. The Morgan fingerprint density at radius 1 is 1.16 bits per heavy atom. The summed E-state index contributed by atoms with van der Waals surface area (Å²) >= 11 is 0. The molecule has 1 spiro atoms. The van der Waals surface area contributed by atoms with Crippen LogP contribution in [0.15, 0.2) is 18.5 Å². The van der Waals surface area contributed by atoms with Gasteiger partial charge in [0.15, 0.2) is 17.3 Å². The van der Waals surface area contributed by atoms with E-state index in [1.807, 2.05) is 0 Å². The first-order chi connectivity index (χ1) is 15.0. The number of halogens is 2. The van der Waals surface area contributed by atoms with Crippen molar-refractivity contribution in [2.24, 2.45) is 17.3 Å². The van der Waals surface area contributed by atoms with Gasteiger partial charge in [0.1, 0.15) is 11.5 Å². The van der Waals surface area contributed by atoms with Crippen LogP contribution in [0, 0.1) is 28.9 Å². The summed E-state index contributed by atoms with van der Waals surface area (Å²) in [6.45, 7) is 0. The van der Waals surface area contributed by atoms with Crippen molar-refractivity contribution in [3.8, 4) is 11.5 Å². The molecular weight excluding hydrogens is 404 g/mol. The van der Waals surface area contributed by atoms with Crippen molar-refractivity contribution >= 4 is 17.0 Å². The van der Waals surface area contributed by atoms with E-state index < -0.39 is 23.5 Å². The molecule has 2 N–H and O–H groups in total. The number of rotatable bonds is 4. The average molecular weight is 427 g/mol. The topological polar surface area (TPSA) is 105 Å². The minimum absolute atomic E-state index is 0.0629. The molecule has 0 radical (unpaired) electrons. The van der Waals surface area contributed by atoms with Gasteiger partial charge in [0, 0.05) is 0 Å². The lowest BCUT2D eigenvalue weighted by atomic mass is 9.59. The fourth-order valence-corrected chi connectivity index (χ4v) is 5.76. The van der Waals surface area contributed by atoms with E-state index in [1.54, 1.807) is 0 Å². The van der Waals surface area contributed by atoms with Crippen molar-refractivity contribution in [1.82, 2.24) is 25.1 Å². The number of carbonyl (C=O) groups is 1. The van der Waals surface area contributed by atoms with Crippen molar-refractivity contribution in [1.29, 1.82) is 0 Å². The molecule has 0 unspecified atom stereocenters. The van der Waals surface area contributed by atoms with Crippen LogP contribution in [0.2, 0.25) is 0 Å². The molecule has 0 amide bonds. The molecule has 0 saturated heterocycles. The first-order valence-electron chi connectivity index (χ1n) is 10.7. The molecular formula is C22H23F2N5O2. The number of hydrogen-bond donors (Lipinski definition) is 2. The lowest BCUT2D eigenvalue weighted by Crippen LogP contribution is -2.42. The number of fused-ring (bicyclic) bond motifs is 1. The third-order valence-electron chi connectivity index (χ3n) is 7.21. The maximum atomic E-state index is 14.8. The summed E-state index contributed by atoms with van der Waals surface area (Å²) in [6.07, 6.45) is 9.03. The Morgan fingerprint density at radius 3 is 2.71 bits per heavy atom. The van der Waals surface area contributed by atoms with Gasteiger partial charge in [0.05, 0.1) is 29.4 Å². The first-order valence-corrected chi connectivity index (χ1v) is 10.7. The van der Waals surface area contributed by atoms with Crippen molar-refractivity contribution in [2.75, 3.05) is 0 Å². The van der Waals surface area contributed by atoms with Crippen LogP contribution < -0.4 is 0 Å². The fraction of sp³-hybridized carbons (Fsp3) is 0.500. The number of nitrogens with one attached hydrogen (secondary N) is 1. The summed E-state index contributed by atoms with van der Waals surface area (Å²) in [5.74, 6) is -2.37. The molecule has 0 bridgehead atoms. The predicted molar refractivity (Wildman–Crippen MR) is 108 cm³/mol. The first kappa shape index (κ1) is 20.0. The molecule has 2 fully saturated rings. The molecule has 3 aromatic rings. The van der Waals surface area contributed by atoms with Crippen molar-refractivity contribution in [2.45, 2.75) is 51.4 Å². The molecule has 3 aromatic heterocycles. The number of H-pyrrole nitrogens is 1. The predicted octanol–water partition coefficient (Wildman–Crippen LogP) is 4.30. The van der Waals surface area contributed by atoms with E-state index in [0.29, 0.717) is 23.1 Å². The summed E-state index contributed by atoms with van der Waals surface area (Å²) in [7, 11) is 0. The maximum absolute atomic E-state index is 14.8. The van der Waals surface area contributed by atoms with Gasteiger partial charge in [-0.1, -0.05) is 19.3 Å². The Hall–Kier alpha value is -2.97. The zero-order chi connectivity index (χ0) is 21.6. The van der Waals surface area contributed by atoms with Gasteiger partial charge >= 0.3 is 5.97 Å². The average Bonchev–Trinajstić information content (AvgIpc) is 3.38. The van der Waals surface area contributed by atoms with Crippen LogP contribution in [0.1, 0.15) is 50.6 Å². The van der Waals surface area contributed by atoms with E-state index in [0.717, 1.165) is 50.9 Å². The third-order valence-corrected chi connectivity index (χ3v) is 7.21. The summed E-state index contributed by atoms with van der Waals surface area (Å²) in [5.41, 5.74) is 0.805. The van der Waals surface area contributed by atoms with Crippen molar-refractivity contribution < 1.29 is 18.7 Å². The monoisotopic (exact) mass is 427 g/mol. The van der Waals surface area contributed by atoms with Gasteiger partial charge in [-0.3, -0.25) is 9.89 Å². The molecule has 2 aliphatic carbocycles. The summed E-state index contributed by atoms with van der Waals surface area (Å²) in [5, 5.41) is 17.1. The molecule has 0 aromatic carbocycles. The van der Waals surface area contributed by atoms with E-state index in [4.69, 9.17) is 0 Å². The van der Waals surface area contributed by atoms with Gasteiger partial charge in [-0.15, -0.1) is 0 Å². The van der Waals surface area contributed by atoms with Gasteiger partial charge in [-0.25, -0.2) is 23.7 Å². The minimum atomic E-state index is -0.813. The number of hydrogen-bond acceptors (Lipinski definition) is 5. The van der Waals surface area contributed by atoms with Crippen molar-refractivity contribution in [3.63, 3.8) is 0 Å². The second-order valence-electron chi connectivity index (χ2n) is 8.83. The number of aliphatic carboxylic acids is 1. The number of aromatic nitrogens is 5. The molecule has 3 heterocycles. The Balaban J connectivity index is 1.54. The van der Waals surface area contributed by atoms with Crippen LogP contribution >= 0.6 is 0 Å². The molecule has 31 heavy (non-hydrogen) atoms. The fourth-order valence-electron chi connectivity index (χ4n) is 5.76. The highest BCUT2D eigenvalue weighted by Gasteiger charge is 2.49. The summed E-state index contributed by atoms with van der Waals surface area (Å²) < 4.78 is 28.5. The molecule has 162 valence electrons. The van der Waals surface area contributed by atoms with Gasteiger partial charge in [0.25, 0.3) is 0 Å². The molecule has 5 rings (SSSR count). The molecule has 2 saturated carbocycles. The standard InChI is InChI=1S/C22H23F2N5O2/c23-12-8-14-18(28-29-19(14)25-10-12)20-26-11-16(24)17(27-20)9-15-13(21(30)31)4-3-7-22(15)5-1-2-6-22/h8,10-11,13,15H,1-7,9H2,(H,30,31)(H,25,28,29)/t13-,15+/m0/s1. The number of carboxylic acid groups (broad SMARTS) is 1. The van der Waals surface area contributed by atoms with E-state index in [2.05, 4.69) is 25.1 Å². The van der Waals surface area contributed by atoms with E-state index in [1.165, 1.54) is 6.07 Å². The number of pyridine rings is 1. The maximum Gasteiger partial charge on any atom is 0.306 e. The van der Waals surface area contributed by atoms with Crippen LogP contribution in [0.4, 0.5) is 8.78 Å². The van der Waals surface area contributed by atoms with E-state index >= 15 is 0 Å². The highest BCUT2D eigenvalue weighted by atomic mass is 19.1. The number of nitrogens with zero attached hydrogens (tertiary/aromatic N) is 4. The van der Waals surface area contributed by atoms with Crippen molar-refractivity contribution in [3.05, 3.63) is 35.8 Å². The van der Waals surface area contributed by atoms with Gasteiger partial charge < -0.3 is 5.11 Å². The second kappa shape index (κ2) is 7.62. The summed E-state index contributed by atoms with van der Waals surface area (Å²) in [4.78, 5) is 24.5. The Morgan fingerprint density at radius 2 is 1.94 bits per heavy atom. The third kappa shape index (κ3) is 3.45. The molecule has 0 aliphatic heterocycles. The Labute approximate surface area is 177 Å². The Kier molecular flexibility index (Phi) is 4.91. The Bertz CT molecular complexity index is 1140. The highest BCUT2D eigenvalue weighted by Crippen LogP contribution is 2.55. The van der Waals surface area contributed by atoms with Crippen LogP contribution in [-0.4, -0.2) is 36.2 Å². The number of carboxylic acids is 1. The SMILES string of the molecule is O=C(O)[C@H]1CCCC2(CCCC2)[C@@H]1Cc1nc(-c2[nH]nc3ncc(F)cc23)ncc1F. The molecule has 2 aliphatic rings. The van der Waals surface area contributed by atoms with Gasteiger partial charge in [0.2, 0.25) is 0 Å². The van der Waals surface area contributed by atoms with Crippen LogP contribution in [0.5, 0.6) is 0 Å². The zero-order valence-electron chi connectivity index (χ0n) is 16.9. The van der Waals surface area contributed by atoms with Gasteiger partial charge in [-0.2, -0.15) is 5.10 Å². The smallest absolute Gasteiger partial charge is 0.306 e. The normalized spacial score (nSPS) is 22.9. The zero-order valence-corrected chi connectivity index (χ0v) is 16.9. The lowest BCUT2D eigenvalue weighted by molar-refractivity contribution is -0.148. The quantitative estimate of drug-likeness (QED) is 0.643. The minimum Gasteiger partial charge on any atom is -0.481 e. The van der Waals surface area contributed by atoms with Crippen LogP contribution in [-0.2, 0) is 11.2 Å². The van der Waals surface area contributed by atoms with E-state index in [-0.39, 0.29) is 29.3 Å². The molecule has 2 atom stereocenters. The van der Waals surface area contributed by atoms with Gasteiger partial charge in [-0.05, 0) is 49.5 Å². The van der Waals surface area contributed by atoms with E-state index in [9.17, 15) is 18.7 Å². The molecule has 9 heteroatoms. The summed E-state index contributed by atoms with van der Waals surface area (Å²) in [6, 6.07) is 1.28. The molecule has 7 nitrogen and oxygen atoms in total.